The van der Waals surface area contributed by atoms with Crippen molar-refractivity contribution in [3.63, 3.8) is 0 Å². The molecule has 0 aromatic rings. The van der Waals surface area contributed by atoms with E-state index in [0.29, 0.717) is 18.4 Å². The van der Waals surface area contributed by atoms with Crippen LogP contribution in [0, 0.1) is 11.8 Å². The van der Waals surface area contributed by atoms with Crippen molar-refractivity contribution in [2.75, 3.05) is 19.8 Å². The third-order valence-corrected chi connectivity index (χ3v) is 3.63. The van der Waals surface area contributed by atoms with Crippen LogP contribution >= 0.6 is 0 Å². The quantitative estimate of drug-likeness (QED) is 0.749. The first kappa shape index (κ1) is 11.1. The Balaban J connectivity index is 1.84. The Hall–Kier alpha value is -0.410. The molecule has 3 atom stereocenters. The second kappa shape index (κ2) is 5.08. The number of carbonyl (C=O) groups is 1. The van der Waals surface area contributed by atoms with Crippen LogP contribution in [0.1, 0.15) is 32.6 Å². The second-order valence-corrected chi connectivity index (χ2v) is 4.90. The summed E-state index contributed by atoms with van der Waals surface area (Å²) in [4.78, 5) is 12.1. The van der Waals surface area contributed by atoms with Gasteiger partial charge in [0.2, 0.25) is 0 Å². The molecular formula is C12H21NO2. The van der Waals surface area contributed by atoms with Crippen LogP contribution in [0.5, 0.6) is 0 Å². The van der Waals surface area contributed by atoms with Gasteiger partial charge in [-0.2, -0.15) is 0 Å². The maximum absolute atomic E-state index is 12.1. The van der Waals surface area contributed by atoms with Crippen LogP contribution in [0.25, 0.3) is 0 Å². The van der Waals surface area contributed by atoms with E-state index in [9.17, 15) is 4.79 Å². The molecule has 2 rings (SSSR count). The summed E-state index contributed by atoms with van der Waals surface area (Å²) in [5.74, 6) is 0.862. The molecule has 0 amide bonds. The summed E-state index contributed by atoms with van der Waals surface area (Å²) in [6, 6.07) is 0.580. The van der Waals surface area contributed by atoms with Crippen LogP contribution in [0.3, 0.4) is 0 Å². The Morgan fingerprint density at radius 2 is 2.13 bits per heavy atom. The van der Waals surface area contributed by atoms with E-state index in [1.807, 2.05) is 0 Å². The van der Waals surface area contributed by atoms with E-state index in [4.69, 9.17) is 4.74 Å². The zero-order valence-electron chi connectivity index (χ0n) is 9.50. The van der Waals surface area contributed by atoms with Crippen LogP contribution in [0.4, 0.5) is 0 Å². The molecule has 2 saturated heterocycles. The van der Waals surface area contributed by atoms with Gasteiger partial charge in [0.05, 0.1) is 6.61 Å². The Labute approximate surface area is 91.6 Å². The van der Waals surface area contributed by atoms with E-state index >= 15 is 0 Å². The Bertz CT molecular complexity index is 216. The molecule has 3 nitrogen and oxygen atoms in total. The minimum atomic E-state index is 0.180. The molecule has 2 aliphatic rings. The number of hydrogen-bond donors (Lipinski definition) is 1. The summed E-state index contributed by atoms with van der Waals surface area (Å²) < 4.78 is 5.37. The molecule has 3 unspecified atom stereocenters. The predicted molar refractivity (Wildman–Crippen MR) is 58.7 cm³/mol. The summed E-state index contributed by atoms with van der Waals surface area (Å²) in [5.41, 5.74) is 0. The first-order chi connectivity index (χ1) is 7.27. The normalized spacial score (nSPS) is 37.5. The van der Waals surface area contributed by atoms with Gasteiger partial charge in [-0.15, -0.1) is 0 Å². The van der Waals surface area contributed by atoms with Gasteiger partial charge in [-0.3, -0.25) is 4.79 Å². The van der Waals surface area contributed by atoms with Crippen LogP contribution in [-0.2, 0) is 9.53 Å². The molecule has 0 aromatic carbocycles. The van der Waals surface area contributed by atoms with Crippen molar-refractivity contribution in [1.29, 1.82) is 0 Å². The predicted octanol–water partition coefficient (Wildman–Crippen LogP) is 1.37. The molecule has 1 N–H and O–H groups in total. The molecule has 0 saturated carbocycles. The van der Waals surface area contributed by atoms with Gasteiger partial charge in [-0.05, 0) is 32.6 Å². The molecule has 0 aliphatic carbocycles. The average Bonchev–Trinajstić information content (AvgIpc) is 2.30. The largest absolute Gasteiger partial charge is 0.381 e. The van der Waals surface area contributed by atoms with Crippen LogP contribution < -0.4 is 5.32 Å². The van der Waals surface area contributed by atoms with Gasteiger partial charge in [0.15, 0.2) is 0 Å². The third kappa shape index (κ3) is 2.79. The molecule has 0 radical (unpaired) electrons. The Morgan fingerprint density at radius 1 is 1.27 bits per heavy atom. The van der Waals surface area contributed by atoms with E-state index in [-0.39, 0.29) is 11.8 Å². The van der Waals surface area contributed by atoms with Crippen molar-refractivity contribution in [3.8, 4) is 0 Å². The van der Waals surface area contributed by atoms with Gasteiger partial charge in [0, 0.05) is 31.0 Å². The molecule has 3 heteroatoms. The minimum absolute atomic E-state index is 0.180. The van der Waals surface area contributed by atoms with Gasteiger partial charge < -0.3 is 10.1 Å². The van der Waals surface area contributed by atoms with Crippen molar-refractivity contribution in [3.05, 3.63) is 0 Å². The second-order valence-electron chi connectivity index (χ2n) is 4.90. The number of piperidine rings is 1. The molecule has 0 bridgehead atoms. The van der Waals surface area contributed by atoms with Gasteiger partial charge in [0.25, 0.3) is 0 Å². The van der Waals surface area contributed by atoms with Gasteiger partial charge in [-0.1, -0.05) is 0 Å². The van der Waals surface area contributed by atoms with E-state index in [1.165, 1.54) is 0 Å². The van der Waals surface area contributed by atoms with E-state index in [1.54, 1.807) is 0 Å². The van der Waals surface area contributed by atoms with E-state index in [0.717, 1.165) is 38.8 Å². The topological polar surface area (TPSA) is 38.3 Å². The van der Waals surface area contributed by atoms with Crippen LogP contribution in [0.2, 0.25) is 0 Å². The van der Waals surface area contributed by atoms with Crippen LogP contribution in [-0.4, -0.2) is 31.6 Å². The van der Waals surface area contributed by atoms with Crippen molar-refractivity contribution >= 4 is 5.78 Å². The lowest BCUT2D eigenvalue weighted by molar-refractivity contribution is -0.131. The highest BCUT2D eigenvalue weighted by Crippen LogP contribution is 2.23. The van der Waals surface area contributed by atoms with Gasteiger partial charge in [0.1, 0.15) is 5.78 Å². The molecule has 0 spiro atoms. The third-order valence-electron chi connectivity index (χ3n) is 3.63. The molecule has 2 fully saturated rings. The summed E-state index contributed by atoms with van der Waals surface area (Å²) in [6.07, 6.45) is 4.27. The lowest BCUT2D eigenvalue weighted by atomic mass is 9.84. The fourth-order valence-electron chi connectivity index (χ4n) is 2.54. The molecular weight excluding hydrogens is 190 g/mol. The molecule has 2 aliphatic heterocycles. The van der Waals surface area contributed by atoms with Crippen molar-refractivity contribution < 1.29 is 9.53 Å². The number of rotatable bonds is 2. The smallest absolute Gasteiger partial charge is 0.142 e. The fraction of sp³-hybridized carbons (Fsp3) is 0.917. The molecule has 15 heavy (non-hydrogen) atoms. The SMILES string of the molecule is CC1CCC(C(=O)C2CCCOC2)CN1. The Kier molecular flexibility index (Phi) is 3.76. The summed E-state index contributed by atoms with van der Waals surface area (Å²) >= 11 is 0. The van der Waals surface area contributed by atoms with E-state index in [2.05, 4.69) is 12.2 Å². The van der Waals surface area contributed by atoms with Gasteiger partial charge in [-0.25, -0.2) is 0 Å². The molecule has 2 heterocycles. The first-order valence-electron chi connectivity index (χ1n) is 6.12. The number of nitrogens with one attached hydrogen (secondary N) is 1. The Morgan fingerprint density at radius 3 is 2.73 bits per heavy atom. The van der Waals surface area contributed by atoms with Crippen molar-refractivity contribution in [2.24, 2.45) is 11.8 Å². The highest BCUT2D eigenvalue weighted by atomic mass is 16.5. The lowest BCUT2D eigenvalue weighted by Crippen LogP contribution is -2.43. The van der Waals surface area contributed by atoms with E-state index < -0.39 is 0 Å². The number of Topliss-reactive ketones (excluding diaryl/α,β-unsaturated/α-hetero) is 1. The fourth-order valence-corrected chi connectivity index (χ4v) is 2.54. The highest BCUT2D eigenvalue weighted by molar-refractivity contribution is 5.84. The minimum Gasteiger partial charge on any atom is -0.381 e. The van der Waals surface area contributed by atoms with Crippen LogP contribution in [0.15, 0.2) is 0 Å². The summed E-state index contributed by atoms with van der Waals surface area (Å²) in [5, 5.41) is 3.39. The number of hydrogen-bond acceptors (Lipinski definition) is 3. The lowest BCUT2D eigenvalue weighted by Gasteiger charge is -2.30. The maximum Gasteiger partial charge on any atom is 0.142 e. The average molecular weight is 211 g/mol. The first-order valence-corrected chi connectivity index (χ1v) is 6.12. The standard InChI is InChI=1S/C12H21NO2/c1-9-4-5-10(7-13-9)12(14)11-3-2-6-15-8-11/h9-11,13H,2-8H2,1H3. The summed E-state index contributed by atoms with van der Waals surface area (Å²) in [6.45, 7) is 4.55. The molecule has 86 valence electrons. The number of ketones is 1. The number of ether oxygens (including phenoxy) is 1. The van der Waals surface area contributed by atoms with Crippen molar-refractivity contribution in [1.82, 2.24) is 5.32 Å². The maximum atomic E-state index is 12.1. The monoisotopic (exact) mass is 211 g/mol. The number of carbonyl (C=O) groups excluding carboxylic acids is 1. The van der Waals surface area contributed by atoms with Gasteiger partial charge >= 0.3 is 0 Å². The summed E-state index contributed by atoms with van der Waals surface area (Å²) in [7, 11) is 0. The zero-order valence-corrected chi connectivity index (χ0v) is 9.50. The van der Waals surface area contributed by atoms with Crippen molar-refractivity contribution in [2.45, 2.75) is 38.6 Å². The zero-order chi connectivity index (χ0) is 10.7. The highest BCUT2D eigenvalue weighted by Gasteiger charge is 2.30. The molecule has 0 aromatic heterocycles.